The van der Waals surface area contributed by atoms with Gasteiger partial charge in [-0.2, -0.15) is 9.29 Å². The van der Waals surface area contributed by atoms with Crippen molar-refractivity contribution in [1.82, 2.24) is 14.3 Å². The second-order valence-corrected chi connectivity index (χ2v) is 8.19. The summed E-state index contributed by atoms with van der Waals surface area (Å²) in [5.41, 5.74) is 0.0805. The Morgan fingerprint density at radius 1 is 1.27 bits per heavy atom. The van der Waals surface area contributed by atoms with Gasteiger partial charge < -0.3 is 4.74 Å². The van der Waals surface area contributed by atoms with Crippen molar-refractivity contribution in [2.75, 3.05) is 13.1 Å². The van der Waals surface area contributed by atoms with Crippen LogP contribution < -0.4 is 4.74 Å². The normalized spacial score (nSPS) is 18.7. The number of aryl methyl sites for hydroxylation is 1. The summed E-state index contributed by atoms with van der Waals surface area (Å²) in [7, 11) is -3.72. The van der Waals surface area contributed by atoms with Gasteiger partial charge >= 0.3 is 0 Å². The van der Waals surface area contributed by atoms with Crippen molar-refractivity contribution in [2.45, 2.75) is 31.6 Å². The molecule has 0 saturated carbocycles. The molecule has 0 amide bonds. The van der Waals surface area contributed by atoms with Crippen molar-refractivity contribution in [3.05, 3.63) is 53.5 Å². The van der Waals surface area contributed by atoms with Crippen molar-refractivity contribution in [2.24, 2.45) is 0 Å². The summed E-state index contributed by atoms with van der Waals surface area (Å²) in [5, 5.41) is 0. The predicted molar refractivity (Wildman–Crippen MR) is 91.0 cm³/mol. The highest BCUT2D eigenvalue weighted by Crippen LogP contribution is 2.21. The first-order valence-electron chi connectivity index (χ1n) is 8.21. The molecule has 1 fully saturated rings. The lowest BCUT2D eigenvalue weighted by atomic mass is 10.1. The fourth-order valence-electron chi connectivity index (χ4n) is 2.92. The van der Waals surface area contributed by atoms with Crippen LogP contribution >= 0.6 is 0 Å². The second kappa shape index (κ2) is 7.63. The Morgan fingerprint density at radius 3 is 2.69 bits per heavy atom. The van der Waals surface area contributed by atoms with Crippen LogP contribution in [0.5, 0.6) is 5.88 Å². The van der Waals surface area contributed by atoms with E-state index < -0.39 is 27.4 Å². The van der Waals surface area contributed by atoms with Crippen LogP contribution in [0, 0.1) is 18.6 Å². The van der Waals surface area contributed by atoms with Crippen LogP contribution in [0.3, 0.4) is 0 Å². The number of aromatic nitrogens is 2. The van der Waals surface area contributed by atoms with E-state index in [9.17, 15) is 17.2 Å². The third-order valence-corrected chi connectivity index (χ3v) is 5.86. The summed E-state index contributed by atoms with van der Waals surface area (Å²) in [4.78, 5) is 8.15. The summed E-state index contributed by atoms with van der Waals surface area (Å²) in [6.07, 6.45) is 2.57. The van der Waals surface area contributed by atoms with Gasteiger partial charge in [0.25, 0.3) is 0 Å². The van der Waals surface area contributed by atoms with Gasteiger partial charge in [-0.25, -0.2) is 22.2 Å². The molecule has 1 aliphatic heterocycles. The molecule has 1 aromatic heterocycles. The third kappa shape index (κ3) is 4.73. The lowest BCUT2D eigenvalue weighted by Crippen LogP contribution is -2.44. The molecule has 3 rings (SSSR count). The van der Waals surface area contributed by atoms with Crippen LogP contribution in [-0.2, 0) is 15.8 Å². The molecule has 1 unspecified atom stereocenters. The van der Waals surface area contributed by atoms with Gasteiger partial charge in [0.15, 0.2) is 0 Å². The SMILES string of the molecule is Cc1nccc(OC2CCCN(S(=O)(=O)Cc3cc(F)cc(F)c3)C2)n1. The first-order valence-corrected chi connectivity index (χ1v) is 9.82. The van der Waals surface area contributed by atoms with E-state index in [-0.39, 0.29) is 18.2 Å². The molecular weight excluding hydrogens is 364 g/mol. The topological polar surface area (TPSA) is 72.4 Å². The first-order chi connectivity index (χ1) is 12.3. The van der Waals surface area contributed by atoms with Crippen LogP contribution in [0.4, 0.5) is 8.78 Å². The van der Waals surface area contributed by atoms with Crippen LogP contribution in [0.15, 0.2) is 30.5 Å². The maximum absolute atomic E-state index is 13.3. The Labute approximate surface area is 150 Å². The molecule has 2 heterocycles. The van der Waals surface area contributed by atoms with Crippen LogP contribution in [-0.4, -0.2) is 41.9 Å². The highest BCUT2D eigenvalue weighted by Gasteiger charge is 2.30. The molecule has 0 N–H and O–H groups in total. The van der Waals surface area contributed by atoms with Gasteiger partial charge in [-0.1, -0.05) is 0 Å². The number of piperidine rings is 1. The van der Waals surface area contributed by atoms with E-state index in [1.165, 1.54) is 4.31 Å². The summed E-state index contributed by atoms with van der Waals surface area (Å²) in [5.74, 6) is -1.09. The Bertz CT molecular complexity index is 872. The number of hydrogen-bond acceptors (Lipinski definition) is 5. The van der Waals surface area contributed by atoms with E-state index in [1.54, 1.807) is 19.2 Å². The summed E-state index contributed by atoms with van der Waals surface area (Å²) in [6, 6.07) is 4.39. The summed E-state index contributed by atoms with van der Waals surface area (Å²) < 4.78 is 58.9. The van der Waals surface area contributed by atoms with E-state index in [2.05, 4.69) is 9.97 Å². The Hall–Kier alpha value is -2.13. The zero-order valence-electron chi connectivity index (χ0n) is 14.2. The van der Waals surface area contributed by atoms with Gasteiger partial charge in [-0.15, -0.1) is 0 Å². The largest absolute Gasteiger partial charge is 0.473 e. The van der Waals surface area contributed by atoms with Gasteiger partial charge in [0.05, 0.1) is 12.3 Å². The predicted octanol–water partition coefficient (Wildman–Crippen LogP) is 2.44. The van der Waals surface area contributed by atoms with Crippen LogP contribution in [0.1, 0.15) is 24.2 Å². The van der Waals surface area contributed by atoms with E-state index >= 15 is 0 Å². The molecule has 140 valence electrons. The Morgan fingerprint density at radius 2 is 2.00 bits per heavy atom. The van der Waals surface area contributed by atoms with E-state index in [0.717, 1.165) is 12.1 Å². The van der Waals surface area contributed by atoms with Crippen molar-refractivity contribution in [3.8, 4) is 5.88 Å². The molecule has 0 spiro atoms. The maximum Gasteiger partial charge on any atom is 0.218 e. The number of hydrogen-bond donors (Lipinski definition) is 0. The number of ether oxygens (including phenoxy) is 1. The van der Waals surface area contributed by atoms with Crippen molar-refractivity contribution < 1.29 is 21.9 Å². The molecule has 0 bridgehead atoms. The van der Waals surface area contributed by atoms with E-state index in [1.807, 2.05) is 0 Å². The Balaban J connectivity index is 1.69. The number of nitrogens with zero attached hydrogens (tertiary/aromatic N) is 3. The van der Waals surface area contributed by atoms with E-state index in [4.69, 9.17) is 4.74 Å². The fraction of sp³-hybridized carbons (Fsp3) is 0.412. The smallest absolute Gasteiger partial charge is 0.218 e. The van der Waals surface area contributed by atoms with Crippen LogP contribution in [0.25, 0.3) is 0 Å². The zero-order valence-corrected chi connectivity index (χ0v) is 15.0. The minimum atomic E-state index is -3.72. The highest BCUT2D eigenvalue weighted by atomic mass is 32.2. The zero-order chi connectivity index (χ0) is 18.7. The lowest BCUT2D eigenvalue weighted by molar-refractivity contribution is 0.124. The van der Waals surface area contributed by atoms with Crippen molar-refractivity contribution in [3.63, 3.8) is 0 Å². The average molecular weight is 383 g/mol. The molecule has 2 aromatic rings. The standard InChI is InChI=1S/C17H19F2N3O3S/c1-12-20-5-4-17(21-12)25-16-3-2-6-22(10-16)26(23,24)11-13-7-14(18)9-15(19)8-13/h4-5,7-9,16H,2-3,6,10-11H2,1H3. The minimum Gasteiger partial charge on any atom is -0.473 e. The first kappa shape index (κ1) is 18.7. The quantitative estimate of drug-likeness (QED) is 0.793. The van der Waals surface area contributed by atoms with Crippen molar-refractivity contribution >= 4 is 10.0 Å². The number of benzene rings is 1. The van der Waals surface area contributed by atoms with Crippen LogP contribution in [0.2, 0.25) is 0 Å². The second-order valence-electron chi connectivity index (χ2n) is 6.22. The molecule has 26 heavy (non-hydrogen) atoms. The molecule has 0 radical (unpaired) electrons. The van der Waals surface area contributed by atoms with Gasteiger partial charge in [-0.3, -0.25) is 0 Å². The fourth-order valence-corrected chi connectivity index (χ4v) is 4.49. The number of rotatable bonds is 5. The van der Waals surface area contributed by atoms with Gasteiger partial charge in [0.2, 0.25) is 15.9 Å². The number of sulfonamides is 1. The molecule has 6 nitrogen and oxygen atoms in total. The van der Waals surface area contributed by atoms with Gasteiger partial charge in [0, 0.05) is 24.9 Å². The summed E-state index contributed by atoms with van der Waals surface area (Å²) in [6.45, 7) is 2.26. The van der Waals surface area contributed by atoms with Gasteiger partial charge in [0.1, 0.15) is 23.6 Å². The highest BCUT2D eigenvalue weighted by molar-refractivity contribution is 7.88. The third-order valence-electron chi connectivity index (χ3n) is 4.04. The monoisotopic (exact) mass is 383 g/mol. The molecule has 0 aliphatic carbocycles. The van der Waals surface area contributed by atoms with Crippen molar-refractivity contribution in [1.29, 1.82) is 0 Å². The van der Waals surface area contributed by atoms with Gasteiger partial charge in [-0.05, 0) is 37.5 Å². The molecule has 1 atom stereocenters. The Kier molecular flexibility index (Phi) is 5.47. The summed E-state index contributed by atoms with van der Waals surface area (Å²) >= 11 is 0. The molecule has 9 heteroatoms. The maximum atomic E-state index is 13.3. The minimum absolute atomic E-state index is 0.0805. The van der Waals surface area contributed by atoms with E-state index in [0.29, 0.717) is 37.2 Å². The molecule has 1 aliphatic rings. The molecular formula is C17H19F2N3O3S. The molecule has 1 aromatic carbocycles. The number of halogens is 2. The molecule has 1 saturated heterocycles. The average Bonchev–Trinajstić information content (AvgIpc) is 2.53. The lowest BCUT2D eigenvalue weighted by Gasteiger charge is -2.31.